The predicted octanol–water partition coefficient (Wildman–Crippen LogP) is 5.70. The number of amides is 4. The maximum atomic E-state index is 14.8. The third-order valence-electron chi connectivity index (χ3n) is 11.2. The van der Waals surface area contributed by atoms with Crippen LogP contribution in [0.2, 0.25) is 43.8 Å². The lowest BCUT2D eigenvalue weighted by Gasteiger charge is -2.47. The SMILES string of the molecule is C[C@H]1CN(C(=O)c2ccc3c4c2NCCn4c(=O)n3C2CCC(=O)N(COCC[Si](C)(C)C)C2=O)[C@H](CO[Si](C)(C)C(C)(C)C)CN1C(=O)OC(C)(C)C. The average Bonchev–Trinajstić information content (AvgIpc) is 3.33. The Morgan fingerprint density at radius 1 is 0.963 bits per heavy atom. The van der Waals surface area contributed by atoms with Gasteiger partial charge in [-0.15, -0.1) is 0 Å². The zero-order valence-electron chi connectivity index (χ0n) is 34.5. The molecule has 0 bridgehead atoms. The van der Waals surface area contributed by atoms with Gasteiger partial charge in [-0.1, -0.05) is 40.4 Å². The maximum absolute atomic E-state index is 14.8. The van der Waals surface area contributed by atoms with E-state index in [1.54, 1.807) is 26.5 Å². The highest BCUT2D eigenvalue weighted by Gasteiger charge is 2.44. The fraction of sp³-hybridized carbons (Fsp3) is 0.711. The lowest BCUT2D eigenvalue weighted by Crippen LogP contribution is -2.63. The summed E-state index contributed by atoms with van der Waals surface area (Å²) in [5.74, 6) is -1.02. The number of piperidine rings is 1. The third-order valence-corrected chi connectivity index (χ3v) is 17.4. The molecule has 54 heavy (non-hydrogen) atoms. The van der Waals surface area contributed by atoms with E-state index in [4.69, 9.17) is 13.9 Å². The Hall–Kier alpha value is -3.48. The van der Waals surface area contributed by atoms with Gasteiger partial charge >= 0.3 is 11.8 Å². The molecule has 16 heteroatoms. The Kier molecular flexibility index (Phi) is 11.7. The number of hydrogen-bond donors (Lipinski definition) is 1. The van der Waals surface area contributed by atoms with Crippen molar-refractivity contribution in [1.29, 1.82) is 0 Å². The van der Waals surface area contributed by atoms with Gasteiger partial charge in [-0.3, -0.25) is 28.4 Å². The number of imidazole rings is 1. The van der Waals surface area contributed by atoms with Gasteiger partial charge in [-0.25, -0.2) is 9.59 Å². The number of anilines is 1. The molecule has 3 atom stereocenters. The number of carbonyl (C=O) groups is 4. The number of piperazine rings is 1. The Labute approximate surface area is 321 Å². The van der Waals surface area contributed by atoms with E-state index in [1.807, 2.05) is 27.7 Å². The van der Waals surface area contributed by atoms with Gasteiger partial charge in [0.25, 0.3) is 11.8 Å². The van der Waals surface area contributed by atoms with E-state index in [1.165, 1.54) is 4.57 Å². The van der Waals surface area contributed by atoms with E-state index in [9.17, 15) is 24.0 Å². The van der Waals surface area contributed by atoms with Gasteiger partial charge in [0.1, 0.15) is 18.4 Å². The smallest absolute Gasteiger partial charge is 0.410 e. The van der Waals surface area contributed by atoms with E-state index in [0.29, 0.717) is 42.0 Å². The van der Waals surface area contributed by atoms with E-state index in [0.717, 1.165) is 10.9 Å². The number of carbonyl (C=O) groups excluding carboxylic acids is 4. The Morgan fingerprint density at radius 2 is 1.65 bits per heavy atom. The summed E-state index contributed by atoms with van der Waals surface area (Å²) >= 11 is 0. The lowest BCUT2D eigenvalue weighted by molar-refractivity contribution is -0.157. The molecule has 1 N–H and O–H groups in total. The molecule has 300 valence electrons. The van der Waals surface area contributed by atoms with Crippen molar-refractivity contribution in [3.05, 3.63) is 28.2 Å². The van der Waals surface area contributed by atoms with Gasteiger partial charge in [-0.2, -0.15) is 0 Å². The van der Waals surface area contributed by atoms with Crippen molar-refractivity contribution in [2.45, 2.75) is 135 Å². The monoisotopic (exact) mass is 786 g/mol. The highest BCUT2D eigenvalue weighted by Crippen LogP contribution is 2.38. The number of hydrogen-bond acceptors (Lipinski definition) is 9. The fourth-order valence-corrected chi connectivity index (χ4v) is 8.74. The van der Waals surface area contributed by atoms with Crippen LogP contribution in [0.5, 0.6) is 0 Å². The highest BCUT2D eigenvalue weighted by atomic mass is 28.4. The molecule has 4 heterocycles. The maximum Gasteiger partial charge on any atom is 0.410 e. The van der Waals surface area contributed by atoms with Crippen LogP contribution in [0.15, 0.2) is 16.9 Å². The normalized spacial score (nSPS) is 21.5. The summed E-state index contributed by atoms with van der Waals surface area (Å²) < 4.78 is 21.3. The first-order valence-electron chi connectivity index (χ1n) is 19.3. The first-order chi connectivity index (χ1) is 24.9. The van der Waals surface area contributed by atoms with Crippen LogP contribution < -0.4 is 11.0 Å². The summed E-state index contributed by atoms with van der Waals surface area (Å²) in [5, 5.41) is 3.33. The summed E-state index contributed by atoms with van der Waals surface area (Å²) in [6.07, 6.45) is -0.125. The molecule has 0 spiro atoms. The van der Waals surface area contributed by atoms with Gasteiger partial charge in [0.05, 0.1) is 34.9 Å². The van der Waals surface area contributed by atoms with E-state index < -0.39 is 46.1 Å². The standard InChI is InChI=1S/C38H62N6O8Si2/c1-25-21-42(26(23-51-54(11,12)38(5,6)7)22-41(25)36(49)52-37(2,3)4)33(46)27-13-14-28-32-31(27)39-17-18-40(32)35(48)44(28)29-15-16-30(45)43(34(29)47)24-50-19-20-53(8,9)10/h13-14,25-26,29,39H,15-24H2,1-12H3/t25-,26-,29?/m0/s1. The number of benzene rings is 1. The average molecular weight is 787 g/mol. The molecule has 14 nitrogen and oxygen atoms in total. The first kappa shape index (κ1) is 41.7. The van der Waals surface area contributed by atoms with Crippen molar-refractivity contribution in [3.63, 3.8) is 0 Å². The number of nitrogens with zero attached hydrogens (tertiary/aromatic N) is 5. The minimum Gasteiger partial charge on any atom is -0.444 e. The first-order valence-corrected chi connectivity index (χ1v) is 25.9. The zero-order valence-corrected chi connectivity index (χ0v) is 36.5. The Balaban J connectivity index is 1.48. The van der Waals surface area contributed by atoms with Gasteiger partial charge in [-0.05, 0) is 70.4 Å². The lowest BCUT2D eigenvalue weighted by atomic mass is 10.0. The van der Waals surface area contributed by atoms with Crippen molar-refractivity contribution >= 4 is 56.9 Å². The van der Waals surface area contributed by atoms with Crippen LogP contribution >= 0.6 is 0 Å². The molecule has 0 radical (unpaired) electrons. The van der Waals surface area contributed by atoms with Crippen molar-refractivity contribution in [2.75, 3.05) is 44.9 Å². The molecule has 1 unspecified atom stereocenters. The van der Waals surface area contributed by atoms with Gasteiger partial charge in [0, 0.05) is 53.3 Å². The van der Waals surface area contributed by atoms with Crippen LogP contribution in [-0.4, -0.2) is 121 Å². The number of nitrogens with one attached hydrogen (secondary N) is 1. The van der Waals surface area contributed by atoms with Crippen molar-refractivity contribution in [3.8, 4) is 0 Å². The van der Waals surface area contributed by atoms with Crippen LogP contribution in [0.25, 0.3) is 11.0 Å². The molecule has 1 aromatic heterocycles. The Bertz CT molecular complexity index is 1840. The largest absolute Gasteiger partial charge is 0.444 e. The summed E-state index contributed by atoms with van der Waals surface area (Å²) in [6.45, 7) is 26.7. The highest BCUT2D eigenvalue weighted by molar-refractivity contribution is 6.76. The molecule has 5 rings (SSSR count). The molecule has 1 aromatic carbocycles. The van der Waals surface area contributed by atoms with Crippen LogP contribution in [0.1, 0.15) is 77.7 Å². The summed E-state index contributed by atoms with van der Waals surface area (Å²) in [4.78, 5) is 73.6. The van der Waals surface area contributed by atoms with Crippen LogP contribution in [0.4, 0.5) is 10.5 Å². The van der Waals surface area contributed by atoms with E-state index >= 15 is 0 Å². The second-order valence-electron chi connectivity index (χ2n) is 18.8. The third kappa shape index (κ3) is 8.66. The molecule has 2 saturated heterocycles. The molecule has 2 aromatic rings. The predicted molar refractivity (Wildman–Crippen MR) is 214 cm³/mol. The molecule has 0 aliphatic carbocycles. The van der Waals surface area contributed by atoms with Crippen molar-refractivity contribution in [1.82, 2.24) is 23.8 Å². The van der Waals surface area contributed by atoms with Crippen LogP contribution in [0.3, 0.4) is 0 Å². The summed E-state index contributed by atoms with van der Waals surface area (Å²) in [7, 11) is -3.60. The molecule has 3 aliphatic heterocycles. The molecular weight excluding hydrogens is 725 g/mol. The molecule has 2 fully saturated rings. The number of aromatic nitrogens is 2. The minimum atomic E-state index is -2.23. The van der Waals surface area contributed by atoms with E-state index in [-0.39, 0.29) is 67.9 Å². The second kappa shape index (κ2) is 15.2. The minimum absolute atomic E-state index is 0.0602. The summed E-state index contributed by atoms with van der Waals surface area (Å²) in [5.41, 5.74) is 0.957. The number of rotatable bonds is 10. The van der Waals surface area contributed by atoms with Crippen molar-refractivity contribution < 1.29 is 33.1 Å². The molecule has 0 saturated carbocycles. The zero-order chi connectivity index (χ0) is 40.1. The van der Waals surface area contributed by atoms with Crippen LogP contribution in [0, 0.1) is 0 Å². The quantitative estimate of drug-likeness (QED) is 0.182. The topological polar surface area (TPSA) is 145 Å². The molecule has 4 amide bonds. The van der Waals surface area contributed by atoms with Gasteiger partial charge in [0.15, 0.2) is 8.32 Å². The number of ether oxygens (including phenoxy) is 2. The molecule has 3 aliphatic rings. The second-order valence-corrected chi connectivity index (χ2v) is 29.2. The van der Waals surface area contributed by atoms with E-state index in [2.05, 4.69) is 58.8 Å². The Morgan fingerprint density at radius 3 is 2.28 bits per heavy atom. The van der Waals surface area contributed by atoms with Crippen LogP contribution in [-0.2, 0) is 30.0 Å². The number of likely N-dealkylation sites (tertiary alicyclic amines) is 1. The summed E-state index contributed by atoms with van der Waals surface area (Å²) in [6, 6.07) is 2.68. The van der Waals surface area contributed by atoms with Gasteiger partial charge in [0.2, 0.25) is 5.91 Å². The fourth-order valence-electron chi connectivity index (χ4n) is 6.95. The molecular formula is C38H62N6O8Si2. The number of imide groups is 1. The van der Waals surface area contributed by atoms with Crippen molar-refractivity contribution in [2.24, 2.45) is 0 Å². The van der Waals surface area contributed by atoms with Gasteiger partial charge < -0.3 is 29.0 Å².